The van der Waals surface area contributed by atoms with Gasteiger partial charge < -0.3 is 14.8 Å². The zero-order valence-electron chi connectivity index (χ0n) is 17.7. The minimum atomic E-state index is -0.287. The number of benzene rings is 1. The lowest BCUT2D eigenvalue weighted by atomic mass is 9.69. The first-order valence-corrected chi connectivity index (χ1v) is 10.7. The summed E-state index contributed by atoms with van der Waals surface area (Å²) in [6.07, 6.45) is 4.07. The molecule has 0 fully saturated rings. The molecule has 1 aliphatic rings. The molecule has 0 aliphatic heterocycles. The van der Waals surface area contributed by atoms with Crippen molar-refractivity contribution in [3.8, 4) is 17.6 Å². The summed E-state index contributed by atoms with van der Waals surface area (Å²) in [7, 11) is 3.09. The van der Waals surface area contributed by atoms with Crippen LogP contribution in [0.1, 0.15) is 60.0 Å². The summed E-state index contributed by atoms with van der Waals surface area (Å²) in [6, 6.07) is 7.39. The number of fused-ring (bicyclic) bond motifs is 1. The Balaban J connectivity index is 1.88. The van der Waals surface area contributed by atoms with Crippen molar-refractivity contribution in [2.24, 2.45) is 11.3 Å². The van der Waals surface area contributed by atoms with Gasteiger partial charge in [-0.05, 0) is 48.3 Å². The second-order valence-electron chi connectivity index (χ2n) is 8.12. The minimum Gasteiger partial charge on any atom is -0.497 e. The number of methoxy groups -OCH3 is 2. The molecular formula is C23H28N2O3S. The van der Waals surface area contributed by atoms with Crippen molar-refractivity contribution in [2.75, 3.05) is 19.5 Å². The SMILES string of the molecule is CCC(C)(C)C1CCc2c(sc(NC(=O)c3ccc(OC)cc3OC)c2C#N)C1. The number of nitrogens with one attached hydrogen (secondary N) is 1. The normalized spacial score (nSPS) is 15.9. The number of nitrogens with zero attached hydrogens (tertiary/aromatic N) is 1. The van der Waals surface area contributed by atoms with Gasteiger partial charge in [-0.15, -0.1) is 11.3 Å². The maximum atomic E-state index is 12.9. The van der Waals surface area contributed by atoms with E-state index in [2.05, 4.69) is 32.2 Å². The fourth-order valence-electron chi connectivity index (χ4n) is 3.90. The minimum absolute atomic E-state index is 0.272. The Kier molecular flexibility index (Phi) is 6.18. The molecule has 0 saturated heterocycles. The van der Waals surface area contributed by atoms with Crippen LogP contribution in [0.5, 0.6) is 11.5 Å². The second-order valence-corrected chi connectivity index (χ2v) is 9.23. The van der Waals surface area contributed by atoms with Gasteiger partial charge in [0.1, 0.15) is 22.6 Å². The van der Waals surface area contributed by atoms with Crippen LogP contribution in [0, 0.1) is 22.7 Å². The summed E-state index contributed by atoms with van der Waals surface area (Å²) >= 11 is 1.54. The van der Waals surface area contributed by atoms with Crippen molar-refractivity contribution in [2.45, 2.75) is 46.5 Å². The lowest BCUT2D eigenvalue weighted by Gasteiger charge is -2.36. The van der Waals surface area contributed by atoms with Gasteiger partial charge in [-0.3, -0.25) is 4.79 Å². The van der Waals surface area contributed by atoms with Crippen molar-refractivity contribution in [1.29, 1.82) is 5.26 Å². The fraction of sp³-hybridized carbons (Fsp3) is 0.478. The van der Waals surface area contributed by atoms with E-state index < -0.39 is 0 Å². The predicted molar refractivity (Wildman–Crippen MR) is 116 cm³/mol. The topological polar surface area (TPSA) is 71.3 Å². The molecule has 1 aromatic carbocycles. The largest absolute Gasteiger partial charge is 0.497 e. The Morgan fingerprint density at radius 2 is 2.10 bits per heavy atom. The average Bonchev–Trinajstić information content (AvgIpc) is 3.08. The first kappa shape index (κ1) is 21.2. The van der Waals surface area contributed by atoms with E-state index in [0.717, 1.165) is 31.2 Å². The number of hydrogen-bond donors (Lipinski definition) is 1. The summed E-state index contributed by atoms with van der Waals surface area (Å²) < 4.78 is 10.5. The molecule has 5 nitrogen and oxygen atoms in total. The first-order valence-electron chi connectivity index (χ1n) is 9.92. The summed E-state index contributed by atoms with van der Waals surface area (Å²) in [5, 5.41) is 13.3. The molecule has 1 N–H and O–H groups in total. The van der Waals surface area contributed by atoms with Gasteiger partial charge in [-0.2, -0.15) is 5.26 Å². The third-order valence-corrected chi connectivity index (χ3v) is 7.44. The Morgan fingerprint density at radius 3 is 2.72 bits per heavy atom. The summed E-state index contributed by atoms with van der Waals surface area (Å²) in [5.41, 5.74) is 2.40. The van der Waals surface area contributed by atoms with Crippen molar-refractivity contribution >= 4 is 22.2 Å². The van der Waals surface area contributed by atoms with Crippen molar-refractivity contribution < 1.29 is 14.3 Å². The molecule has 1 unspecified atom stereocenters. The molecule has 2 aromatic rings. The van der Waals surface area contributed by atoms with Gasteiger partial charge in [0.25, 0.3) is 5.91 Å². The highest BCUT2D eigenvalue weighted by Gasteiger charge is 2.34. The number of carbonyl (C=O) groups excluding carboxylic acids is 1. The van der Waals surface area contributed by atoms with E-state index in [1.165, 1.54) is 12.0 Å². The third kappa shape index (κ3) is 4.11. The Labute approximate surface area is 176 Å². The van der Waals surface area contributed by atoms with Gasteiger partial charge in [0.2, 0.25) is 0 Å². The van der Waals surface area contributed by atoms with Crippen molar-refractivity contribution in [3.05, 3.63) is 39.8 Å². The lowest BCUT2D eigenvalue weighted by molar-refractivity contribution is 0.102. The van der Waals surface area contributed by atoms with Crippen molar-refractivity contribution in [3.63, 3.8) is 0 Å². The molecule has 1 atom stereocenters. The molecule has 0 bridgehead atoms. The van der Waals surface area contributed by atoms with E-state index in [1.54, 1.807) is 36.6 Å². The zero-order valence-corrected chi connectivity index (χ0v) is 18.5. The molecule has 0 radical (unpaired) electrons. The number of thiophene rings is 1. The molecule has 0 spiro atoms. The smallest absolute Gasteiger partial charge is 0.260 e. The third-order valence-electron chi connectivity index (χ3n) is 6.27. The lowest BCUT2D eigenvalue weighted by Crippen LogP contribution is -2.28. The van der Waals surface area contributed by atoms with Gasteiger partial charge in [-0.1, -0.05) is 27.2 Å². The van der Waals surface area contributed by atoms with E-state index in [1.807, 2.05) is 0 Å². The molecule has 3 rings (SSSR count). The van der Waals surface area contributed by atoms with E-state index in [-0.39, 0.29) is 11.3 Å². The highest BCUT2D eigenvalue weighted by atomic mass is 32.1. The molecule has 6 heteroatoms. The fourth-order valence-corrected chi connectivity index (χ4v) is 5.18. The average molecular weight is 413 g/mol. The maximum Gasteiger partial charge on any atom is 0.260 e. The highest BCUT2D eigenvalue weighted by Crippen LogP contribution is 2.45. The van der Waals surface area contributed by atoms with E-state index in [9.17, 15) is 10.1 Å². The van der Waals surface area contributed by atoms with Crippen LogP contribution in [-0.2, 0) is 12.8 Å². The number of carbonyl (C=O) groups is 1. The van der Waals surface area contributed by atoms with Crippen LogP contribution in [-0.4, -0.2) is 20.1 Å². The molecule has 1 aliphatic carbocycles. The second kappa shape index (κ2) is 8.46. The summed E-state index contributed by atoms with van der Waals surface area (Å²) in [4.78, 5) is 14.1. The first-order chi connectivity index (χ1) is 13.8. The predicted octanol–water partition coefficient (Wildman–Crippen LogP) is 5.43. The molecule has 0 saturated carbocycles. The standard InChI is InChI=1S/C23H28N2O3S/c1-6-23(2,3)14-7-9-16-18(13-24)22(29-20(16)11-14)25-21(26)17-10-8-15(27-4)12-19(17)28-5/h8,10,12,14H,6-7,9,11H2,1-5H3,(H,25,26). The van der Waals surface area contributed by atoms with Crippen LogP contribution in [0.2, 0.25) is 0 Å². The summed E-state index contributed by atoms with van der Waals surface area (Å²) in [6.45, 7) is 6.87. The van der Waals surface area contributed by atoms with Gasteiger partial charge in [0.15, 0.2) is 0 Å². The van der Waals surface area contributed by atoms with Gasteiger partial charge >= 0.3 is 0 Å². The van der Waals surface area contributed by atoms with E-state index in [0.29, 0.717) is 33.5 Å². The van der Waals surface area contributed by atoms with Crippen molar-refractivity contribution in [1.82, 2.24) is 0 Å². The Hall–Kier alpha value is -2.52. The van der Waals surface area contributed by atoms with Crippen LogP contribution in [0.15, 0.2) is 18.2 Å². The van der Waals surface area contributed by atoms with E-state index >= 15 is 0 Å². The molecule has 1 heterocycles. The van der Waals surface area contributed by atoms with Gasteiger partial charge in [-0.25, -0.2) is 0 Å². The highest BCUT2D eigenvalue weighted by molar-refractivity contribution is 7.16. The van der Waals surface area contributed by atoms with Crippen LogP contribution in [0.3, 0.4) is 0 Å². The number of rotatable bonds is 6. The molecule has 154 valence electrons. The number of hydrogen-bond acceptors (Lipinski definition) is 5. The Bertz CT molecular complexity index is 956. The quantitative estimate of drug-likeness (QED) is 0.687. The summed E-state index contributed by atoms with van der Waals surface area (Å²) in [5.74, 6) is 1.36. The zero-order chi connectivity index (χ0) is 21.2. The van der Waals surface area contributed by atoms with Crippen LogP contribution >= 0.6 is 11.3 Å². The monoisotopic (exact) mass is 412 g/mol. The van der Waals surface area contributed by atoms with Crippen LogP contribution in [0.25, 0.3) is 0 Å². The van der Waals surface area contributed by atoms with Crippen LogP contribution < -0.4 is 14.8 Å². The maximum absolute atomic E-state index is 12.9. The van der Waals surface area contributed by atoms with Gasteiger partial charge in [0, 0.05) is 10.9 Å². The van der Waals surface area contributed by atoms with Gasteiger partial charge in [0.05, 0.1) is 25.3 Å². The Morgan fingerprint density at radius 1 is 1.34 bits per heavy atom. The number of anilines is 1. The molecule has 1 aromatic heterocycles. The van der Waals surface area contributed by atoms with E-state index in [4.69, 9.17) is 9.47 Å². The number of amides is 1. The number of ether oxygens (including phenoxy) is 2. The number of nitriles is 1. The molecule has 1 amide bonds. The van der Waals surface area contributed by atoms with Crippen LogP contribution in [0.4, 0.5) is 5.00 Å². The molecular weight excluding hydrogens is 384 g/mol. The molecule has 29 heavy (non-hydrogen) atoms.